The predicted octanol–water partition coefficient (Wildman–Crippen LogP) is 4.23. The smallest absolute Gasteiger partial charge is 0.249 e. The summed E-state index contributed by atoms with van der Waals surface area (Å²) in [6, 6.07) is 17.7. The van der Waals surface area contributed by atoms with Gasteiger partial charge in [0.05, 0.1) is 12.6 Å². The maximum Gasteiger partial charge on any atom is 0.249 e. The molecule has 1 amide bonds. The second-order valence-electron chi connectivity index (χ2n) is 5.22. The number of benzene rings is 2. The van der Waals surface area contributed by atoms with Crippen LogP contribution >= 0.6 is 15.9 Å². The topological polar surface area (TPSA) is 38.3 Å². The van der Waals surface area contributed by atoms with Gasteiger partial charge in [-0.25, -0.2) is 0 Å². The SMILES string of the molecule is C[C@H](OCc1ccccc1)C(=O)N[C@H](C)c1cccc(Br)c1. The summed E-state index contributed by atoms with van der Waals surface area (Å²) < 4.78 is 6.63. The van der Waals surface area contributed by atoms with Crippen molar-refractivity contribution in [2.24, 2.45) is 0 Å². The fourth-order valence-corrected chi connectivity index (χ4v) is 2.48. The first kappa shape index (κ1) is 16.7. The molecule has 0 spiro atoms. The predicted molar refractivity (Wildman–Crippen MR) is 91.4 cm³/mol. The Labute approximate surface area is 139 Å². The number of hydrogen-bond acceptors (Lipinski definition) is 2. The van der Waals surface area contributed by atoms with E-state index in [1.54, 1.807) is 6.92 Å². The first-order chi connectivity index (χ1) is 10.6. The molecule has 0 saturated heterocycles. The quantitative estimate of drug-likeness (QED) is 0.835. The van der Waals surface area contributed by atoms with Gasteiger partial charge in [0.1, 0.15) is 6.10 Å². The number of ether oxygens (including phenoxy) is 1. The zero-order valence-corrected chi connectivity index (χ0v) is 14.3. The number of nitrogens with one attached hydrogen (secondary N) is 1. The van der Waals surface area contributed by atoms with E-state index in [2.05, 4.69) is 21.2 Å². The van der Waals surface area contributed by atoms with Crippen LogP contribution in [0.25, 0.3) is 0 Å². The van der Waals surface area contributed by atoms with Crippen LogP contribution in [0.5, 0.6) is 0 Å². The van der Waals surface area contributed by atoms with Gasteiger partial charge in [-0.3, -0.25) is 4.79 Å². The molecular weight excluding hydrogens is 342 g/mol. The molecule has 1 N–H and O–H groups in total. The molecule has 0 fully saturated rings. The van der Waals surface area contributed by atoms with Crippen LogP contribution in [-0.4, -0.2) is 12.0 Å². The van der Waals surface area contributed by atoms with Crippen LogP contribution in [-0.2, 0) is 16.1 Å². The minimum atomic E-state index is -0.491. The van der Waals surface area contributed by atoms with Crippen molar-refractivity contribution in [3.63, 3.8) is 0 Å². The Hall–Kier alpha value is -1.65. The third kappa shape index (κ3) is 4.97. The highest BCUT2D eigenvalue weighted by molar-refractivity contribution is 9.10. The van der Waals surface area contributed by atoms with E-state index in [0.717, 1.165) is 15.6 Å². The van der Waals surface area contributed by atoms with Gasteiger partial charge in [-0.1, -0.05) is 58.4 Å². The average Bonchev–Trinajstić information content (AvgIpc) is 2.53. The van der Waals surface area contributed by atoms with Crippen molar-refractivity contribution in [3.05, 3.63) is 70.2 Å². The Bertz CT molecular complexity index is 615. The van der Waals surface area contributed by atoms with E-state index in [1.807, 2.05) is 61.5 Å². The van der Waals surface area contributed by atoms with Crippen molar-refractivity contribution >= 4 is 21.8 Å². The number of halogens is 1. The van der Waals surface area contributed by atoms with Gasteiger partial charge in [0.2, 0.25) is 5.91 Å². The van der Waals surface area contributed by atoms with Crippen LogP contribution in [0.15, 0.2) is 59.1 Å². The molecular formula is C18H20BrNO2. The fourth-order valence-electron chi connectivity index (χ4n) is 2.06. The van der Waals surface area contributed by atoms with Gasteiger partial charge < -0.3 is 10.1 Å². The van der Waals surface area contributed by atoms with E-state index in [1.165, 1.54) is 0 Å². The third-order valence-electron chi connectivity index (χ3n) is 3.42. The highest BCUT2D eigenvalue weighted by Gasteiger charge is 2.16. The normalized spacial score (nSPS) is 13.4. The van der Waals surface area contributed by atoms with Gasteiger partial charge in [-0.05, 0) is 37.1 Å². The average molecular weight is 362 g/mol. The molecule has 2 aromatic carbocycles. The molecule has 0 radical (unpaired) electrons. The number of carbonyl (C=O) groups is 1. The summed E-state index contributed by atoms with van der Waals surface area (Å²) in [7, 11) is 0. The maximum atomic E-state index is 12.2. The first-order valence-corrected chi connectivity index (χ1v) is 8.07. The zero-order chi connectivity index (χ0) is 15.9. The number of rotatable bonds is 6. The Morgan fingerprint density at radius 1 is 1.14 bits per heavy atom. The molecule has 0 aliphatic rings. The summed E-state index contributed by atoms with van der Waals surface area (Å²) in [6.45, 7) is 4.16. The maximum absolute atomic E-state index is 12.2. The monoisotopic (exact) mass is 361 g/mol. The Morgan fingerprint density at radius 2 is 1.86 bits per heavy atom. The lowest BCUT2D eigenvalue weighted by atomic mass is 10.1. The third-order valence-corrected chi connectivity index (χ3v) is 3.91. The van der Waals surface area contributed by atoms with Crippen LogP contribution in [0, 0.1) is 0 Å². The second-order valence-corrected chi connectivity index (χ2v) is 6.14. The fraction of sp³-hybridized carbons (Fsp3) is 0.278. The number of hydrogen-bond donors (Lipinski definition) is 1. The molecule has 3 nitrogen and oxygen atoms in total. The molecule has 0 heterocycles. The van der Waals surface area contributed by atoms with Gasteiger partial charge in [-0.15, -0.1) is 0 Å². The van der Waals surface area contributed by atoms with Crippen LogP contribution < -0.4 is 5.32 Å². The molecule has 0 unspecified atom stereocenters. The van der Waals surface area contributed by atoms with Gasteiger partial charge in [0, 0.05) is 4.47 Å². The molecule has 0 bridgehead atoms. The number of amides is 1. The van der Waals surface area contributed by atoms with Crippen LogP contribution in [0.1, 0.15) is 31.0 Å². The molecule has 0 aromatic heterocycles. The lowest BCUT2D eigenvalue weighted by molar-refractivity contribution is -0.133. The van der Waals surface area contributed by atoms with Gasteiger partial charge in [0.25, 0.3) is 0 Å². The molecule has 0 aliphatic heterocycles. The van der Waals surface area contributed by atoms with Crippen molar-refractivity contribution in [1.82, 2.24) is 5.32 Å². The van der Waals surface area contributed by atoms with E-state index < -0.39 is 6.10 Å². The lowest BCUT2D eigenvalue weighted by Gasteiger charge is -2.18. The van der Waals surface area contributed by atoms with Gasteiger partial charge in [-0.2, -0.15) is 0 Å². The zero-order valence-electron chi connectivity index (χ0n) is 12.8. The second kappa shape index (κ2) is 8.11. The summed E-state index contributed by atoms with van der Waals surface area (Å²) in [6.07, 6.45) is -0.491. The molecule has 2 rings (SSSR count). The van der Waals surface area contributed by atoms with Crippen molar-refractivity contribution < 1.29 is 9.53 Å². The molecule has 4 heteroatoms. The highest BCUT2D eigenvalue weighted by Crippen LogP contribution is 2.18. The van der Waals surface area contributed by atoms with Crippen LogP contribution in [0.4, 0.5) is 0 Å². The molecule has 2 aromatic rings. The lowest BCUT2D eigenvalue weighted by Crippen LogP contribution is -2.36. The Balaban J connectivity index is 1.85. The Morgan fingerprint density at radius 3 is 2.55 bits per heavy atom. The Kier molecular flexibility index (Phi) is 6.16. The summed E-state index contributed by atoms with van der Waals surface area (Å²) >= 11 is 3.44. The molecule has 0 saturated carbocycles. The summed E-state index contributed by atoms with van der Waals surface area (Å²) in [5.41, 5.74) is 2.11. The molecule has 116 valence electrons. The van der Waals surface area contributed by atoms with Crippen molar-refractivity contribution in [1.29, 1.82) is 0 Å². The van der Waals surface area contributed by atoms with Crippen molar-refractivity contribution in [3.8, 4) is 0 Å². The number of carbonyl (C=O) groups excluding carboxylic acids is 1. The molecule has 2 atom stereocenters. The van der Waals surface area contributed by atoms with E-state index in [0.29, 0.717) is 6.61 Å². The van der Waals surface area contributed by atoms with Gasteiger partial charge in [0.15, 0.2) is 0 Å². The summed E-state index contributed by atoms with van der Waals surface area (Å²) in [5.74, 6) is -0.108. The van der Waals surface area contributed by atoms with Gasteiger partial charge >= 0.3 is 0 Å². The minimum absolute atomic E-state index is 0.0622. The molecule has 0 aliphatic carbocycles. The summed E-state index contributed by atoms with van der Waals surface area (Å²) in [5, 5.41) is 2.97. The highest BCUT2D eigenvalue weighted by atomic mass is 79.9. The van der Waals surface area contributed by atoms with E-state index >= 15 is 0 Å². The largest absolute Gasteiger partial charge is 0.364 e. The molecule has 22 heavy (non-hydrogen) atoms. The van der Waals surface area contributed by atoms with E-state index in [9.17, 15) is 4.79 Å². The van der Waals surface area contributed by atoms with Crippen molar-refractivity contribution in [2.45, 2.75) is 32.6 Å². The van der Waals surface area contributed by atoms with E-state index in [-0.39, 0.29) is 11.9 Å². The van der Waals surface area contributed by atoms with Crippen LogP contribution in [0.2, 0.25) is 0 Å². The first-order valence-electron chi connectivity index (χ1n) is 7.27. The van der Waals surface area contributed by atoms with Crippen molar-refractivity contribution in [2.75, 3.05) is 0 Å². The minimum Gasteiger partial charge on any atom is -0.364 e. The standard InChI is InChI=1S/C18H20BrNO2/c1-13(16-9-6-10-17(19)11-16)20-18(21)14(2)22-12-15-7-4-3-5-8-15/h3-11,13-14H,12H2,1-2H3,(H,20,21)/t13-,14+/m1/s1. The van der Waals surface area contributed by atoms with E-state index in [4.69, 9.17) is 4.74 Å². The van der Waals surface area contributed by atoms with Crippen LogP contribution in [0.3, 0.4) is 0 Å². The summed E-state index contributed by atoms with van der Waals surface area (Å²) in [4.78, 5) is 12.2.